The van der Waals surface area contributed by atoms with Crippen LogP contribution in [0.15, 0.2) is 78.9 Å². The summed E-state index contributed by atoms with van der Waals surface area (Å²) in [6.07, 6.45) is 1.27. The van der Waals surface area contributed by atoms with Gasteiger partial charge in [0, 0.05) is 31.0 Å². The number of halogens is 1. The zero-order valence-corrected chi connectivity index (χ0v) is 21.1. The number of nitrogens with one attached hydrogen (secondary N) is 1. The number of carbonyl (C=O) groups excluding carboxylic acids is 2. The topological polar surface area (TPSA) is 58.6 Å². The summed E-state index contributed by atoms with van der Waals surface area (Å²) >= 11 is 5.92. The minimum absolute atomic E-state index is 0.0693. The lowest BCUT2D eigenvalue weighted by Crippen LogP contribution is -2.50. The van der Waals surface area contributed by atoms with Gasteiger partial charge in [0.25, 0.3) is 0 Å². The van der Waals surface area contributed by atoms with E-state index in [0.29, 0.717) is 43.3 Å². The van der Waals surface area contributed by atoms with E-state index in [0.717, 1.165) is 16.7 Å². The van der Waals surface area contributed by atoms with Crippen molar-refractivity contribution >= 4 is 23.4 Å². The van der Waals surface area contributed by atoms with Crippen molar-refractivity contribution in [2.45, 2.75) is 45.7 Å². The summed E-state index contributed by atoms with van der Waals surface area (Å²) in [5.74, 6) is 0.499. The second-order valence-electron chi connectivity index (χ2n) is 8.45. The van der Waals surface area contributed by atoms with Crippen LogP contribution in [0.2, 0.25) is 5.02 Å². The molecule has 1 N–H and O–H groups in total. The zero-order chi connectivity index (χ0) is 25.0. The molecule has 5 nitrogen and oxygen atoms in total. The largest absolute Gasteiger partial charge is 0.494 e. The van der Waals surface area contributed by atoms with Crippen LogP contribution in [-0.4, -0.2) is 35.9 Å². The van der Waals surface area contributed by atoms with Crippen LogP contribution < -0.4 is 10.1 Å². The van der Waals surface area contributed by atoms with Crippen LogP contribution in [0.1, 0.15) is 36.5 Å². The van der Waals surface area contributed by atoms with Crippen LogP contribution in [0.3, 0.4) is 0 Å². The number of carbonyl (C=O) groups is 2. The highest BCUT2D eigenvalue weighted by Crippen LogP contribution is 2.19. The fourth-order valence-corrected chi connectivity index (χ4v) is 4.03. The number of benzene rings is 3. The minimum atomic E-state index is -0.610. The summed E-state index contributed by atoms with van der Waals surface area (Å²) in [5, 5.41) is 3.57. The SMILES string of the molecule is CCNC(=O)C(Cc1ccccc1)N(Cc1ccccc1C)C(=O)CCCOc1ccc(Cl)cc1. The highest BCUT2D eigenvalue weighted by atomic mass is 35.5. The molecule has 0 fully saturated rings. The highest BCUT2D eigenvalue weighted by Gasteiger charge is 2.30. The monoisotopic (exact) mass is 492 g/mol. The number of amides is 2. The van der Waals surface area contributed by atoms with Gasteiger partial charge in [0.15, 0.2) is 0 Å². The maximum Gasteiger partial charge on any atom is 0.243 e. The molecule has 184 valence electrons. The Balaban J connectivity index is 1.77. The lowest BCUT2D eigenvalue weighted by atomic mass is 10.0. The van der Waals surface area contributed by atoms with Gasteiger partial charge in [-0.1, -0.05) is 66.2 Å². The van der Waals surface area contributed by atoms with Gasteiger partial charge in [0.2, 0.25) is 11.8 Å². The number of nitrogens with zero attached hydrogens (tertiary/aromatic N) is 1. The Morgan fingerprint density at radius 3 is 2.34 bits per heavy atom. The van der Waals surface area contributed by atoms with Crippen LogP contribution in [0, 0.1) is 6.92 Å². The molecule has 1 unspecified atom stereocenters. The van der Waals surface area contributed by atoms with Gasteiger partial charge in [-0.05, 0) is 61.2 Å². The Labute approximate surface area is 213 Å². The smallest absolute Gasteiger partial charge is 0.243 e. The Hall–Kier alpha value is -3.31. The van der Waals surface area contributed by atoms with E-state index in [1.54, 1.807) is 29.2 Å². The number of aryl methyl sites for hydroxylation is 1. The average molecular weight is 493 g/mol. The number of hydrogen-bond donors (Lipinski definition) is 1. The fourth-order valence-electron chi connectivity index (χ4n) is 3.90. The van der Waals surface area contributed by atoms with Gasteiger partial charge in [-0.2, -0.15) is 0 Å². The zero-order valence-electron chi connectivity index (χ0n) is 20.4. The fraction of sp³-hybridized carbons (Fsp3) is 0.310. The first-order valence-corrected chi connectivity index (χ1v) is 12.4. The van der Waals surface area contributed by atoms with E-state index >= 15 is 0 Å². The highest BCUT2D eigenvalue weighted by molar-refractivity contribution is 6.30. The molecule has 0 aliphatic rings. The van der Waals surface area contributed by atoms with Gasteiger partial charge < -0.3 is 15.0 Å². The second-order valence-corrected chi connectivity index (χ2v) is 8.89. The van der Waals surface area contributed by atoms with Gasteiger partial charge in [-0.15, -0.1) is 0 Å². The molecule has 0 bridgehead atoms. The van der Waals surface area contributed by atoms with Crippen molar-refractivity contribution in [3.8, 4) is 5.75 Å². The molecular weight excluding hydrogens is 460 g/mol. The normalized spacial score (nSPS) is 11.5. The Bertz CT molecular complexity index is 1090. The quantitative estimate of drug-likeness (QED) is 0.335. The molecule has 0 heterocycles. The molecule has 0 aliphatic heterocycles. The number of hydrogen-bond acceptors (Lipinski definition) is 3. The predicted octanol–water partition coefficient (Wildman–Crippen LogP) is 5.58. The summed E-state index contributed by atoms with van der Waals surface area (Å²) in [6.45, 7) is 5.19. The molecular formula is C29H33ClN2O3. The Kier molecular flexibility index (Phi) is 10.2. The summed E-state index contributed by atoms with van der Waals surface area (Å²) in [7, 11) is 0. The van der Waals surface area contributed by atoms with Crippen molar-refractivity contribution in [2.24, 2.45) is 0 Å². The van der Waals surface area contributed by atoms with Gasteiger partial charge in [0.1, 0.15) is 11.8 Å². The molecule has 0 radical (unpaired) electrons. The van der Waals surface area contributed by atoms with Crippen molar-refractivity contribution in [3.05, 3.63) is 101 Å². The van der Waals surface area contributed by atoms with E-state index in [2.05, 4.69) is 5.32 Å². The van der Waals surface area contributed by atoms with Gasteiger partial charge in [0.05, 0.1) is 6.61 Å². The van der Waals surface area contributed by atoms with Crippen molar-refractivity contribution < 1.29 is 14.3 Å². The van der Waals surface area contributed by atoms with E-state index in [-0.39, 0.29) is 18.2 Å². The van der Waals surface area contributed by atoms with Gasteiger partial charge in [-0.25, -0.2) is 0 Å². The lowest BCUT2D eigenvalue weighted by Gasteiger charge is -2.32. The number of rotatable bonds is 12. The van der Waals surface area contributed by atoms with Crippen molar-refractivity contribution in [2.75, 3.05) is 13.2 Å². The van der Waals surface area contributed by atoms with Gasteiger partial charge in [-0.3, -0.25) is 9.59 Å². The molecule has 0 saturated heterocycles. The third kappa shape index (κ3) is 8.15. The van der Waals surface area contributed by atoms with E-state index in [9.17, 15) is 9.59 Å². The van der Waals surface area contributed by atoms with E-state index < -0.39 is 6.04 Å². The molecule has 2 amide bonds. The molecule has 0 saturated carbocycles. The van der Waals surface area contributed by atoms with Gasteiger partial charge >= 0.3 is 0 Å². The van der Waals surface area contributed by atoms with Crippen LogP contribution in [0.4, 0.5) is 0 Å². The first-order valence-electron chi connectivity index (χ1n) is 12.0. The van der Waals surface area contributed by atoms with Crippen LogP contribution in [-0.2, 0) is 22.6 Å². The molecule has 3 aromatic carbocycles. The second kappa shape index (κ2) is 13.5. The third-order valence-electron chi connectivity index (χ3n) is 5.84. The molecule has 1 atom stereocenters. The van der Waals surface area contributed by atoms with E-state index in [1.807, 2.05) is 68.4 Å². The van der Waals surface area contributed by atoms with Crippen molar-refractivity contribution in [1.82, 2.24) is 10.2 Å². The Morgan fingerprint density at radius 1 is 0.971 bits per heavy atom. The molecule has 35 heavy (non-hydrogen) atoms. The van der Waals surface area contributed by atoms with E-state index in [1.165, 1.54) is 0 Å². The maximum absolute atomic E-state index is 13.5. The lowest BCUT2D eigenvalue weighted by molar-refractivity contribution is -0.141. The molecule has 0 aromatic heterocycles. The summed E-state index contributed by atoms with van der Waals surface area (Å²) in [5.41, 5.74) is 3.13. The average Bonchev–Trinajstić information content (AvgIpc) is 2.86. The van der Waals surface area contributed by atoms with Crippen LogP contribution in [0.5, 0.6) is 5.75 Å². The minimum Gasteiger partial charge on any atom is -0.494 e. The summed E-state index contributed by atoms with van der Waals surface area (Å²) < 4.78 is 5.76. The number of likely N-dealkylation sites (N-methyl/N-ethyl adjacent to an activating group) is 1. The first kappa shape index (κ1) is 26.3. The summed E-state index contributed by atoms with van der Waals surface area (Å²) in [6, 6.07) is 24.3. The van der Waals surface area contributed by atoms with E-state index in [4.69, 9.17) is 16.3 Å². The Morgan fingerprint density at radius 2 is 1.66 bits per heavy atom. The molecule has 0 aliphatic carbocycles. The standard InChI is InChI=1S/C29H33ClN2O3/c1-3-31-29(34)27(20-23-11-5-4-6-12-23)32(21-24-13-8-7-10-22(24)2)28(33)14-9-19-35-26-17-15-25(30)16-18-26/h4-8,10-13,15-18,27H,3,9,14,19-21H2,1-2H3,(H,31,34). The summed E-state index contributed by atoms with van der Waals surface area (Å²) in [4.78, 5) is 28.4. The van der Waals surface area contributed by atoms with Crippen molar-refractivity contribution in [3.63, 3.8) is 0 Å². The molecule has 0 spiro atoms. The molecule has 3 aromatic rings. The molecule has 6 heteroatoms. The van der Waals surface area contributed by atoms with Crippen molar-refractivity contribution in [1.29, 1.82) is 0 Å². The predicted molar refractivity (Wildman–Crippen MR) is 141 cm³/mol. The maximum atomic E-state index is 13.5. The third-order valence-corrected chi connectivity index (χ3v) is 6.09. The number of ether oxygens (including phenoxy) is 1. The first-order chi connectivity index (χ1) is 17.0. The molecule has 3 rings (SSSR count). The van der Waals surface area contributed by atoms with Crippen LogP contribution in [0.25, 0.3) is 0 Å². The van der Waals surface area contributed by atoms with Crippen LogP contribution >= 0.6 is 11.6 Å².